The van der Waals surface area contributed by atoms with E-state index in [9.17, 15) is 4.79 Å². The standard InChI is InChI=1S/C18H20N4O2/c19-18(20)21-17(23)13-8-9-16(24-14-6-2-1-3-7-14)15(12-13)22-10-4-5-11-22/h1-3,6-9,12H,4-5,10-11H2,(H4,19,20,21,23). The molecule has 1 fully saturated rings. The van der Waals surface area contributed by atoms with Gasteiger partial charge in [-0.05, 0) is 43.2 Å². The fraction of sp³-hybridized carbons (Fsp3) is 0.222. The molecule has 0 atom stereocenters. The lowest BCUT2D eigenvalue weighted by atomic mass is 10.1. The normalized spacial score (nSPS) is 13.6. The van der Waals surface area contributed by atoms with Crippen LogP contribution in [-0.4, -0.2) is 25.0 Å². The molecule has 24 heavy (non-hydrogen) atoms. The lowest BCUT2D eigenvalue weighted by molar-refractivity contribution is 0.100. The number of carbonyl (C=O) groups is 1. The van der Waals surface area contributed by atoms with Crippen molar-refractivity contribution in [3.63, 3.8) is 0 Å². The van der Waals surface area contributed by atoms with E-state index in [2.05, 4.69) is 9.89 Å². The smallest absolute Gasteiger partial charge is 0.280 e. The van der Waals surface area contributed by atoms with Crippen molar-refractivity contribution >= 4 is 17.6 Å². The highest BCUT2D eigenvalue weighted by Gasteiger charge is 2.19. The Labute approximate surface area is 140 Å². The number of aliphatic imine (C=N–C) groups is 1. The predicted octanol–water partition coefficient (Wildman–Crippen LogP) is 2.49. The second kappa shape index (κ2) is 7.04. The number of nitrogens with two attached hydrogens (primary N) is 2. The molecule has 1 saturated heterocycles. The van der Waals surface area contributed by atoms with E-state index in [4.69, 9.17) is 16.2 Å². The van der Waals surface area contributed by atoms with Gasteiger partial charge in [0.15, 0.2) is 11.7 Å². The summed E-state index contributed by atoms with van der Waals surface area (Å²) in [5.41, 5.74) is 11.9. The Morgan fingerprint density at radius 2 is 1.75 bits per heavy atom. The van der Waals surface area contributed by atoms with Crippen LogP contribution in [0.3, 0.4) is 0 Å². The van der Waals surface area contributed by atoms with Crippen molar-refractivity contribution in [3.05, 3.63) is 54.1 Å². The second-order valence-corrected chi connectivity index (χ2v) is 5.63. The third-order valence-corrected chi connectivity index (χ3v) is 3.85. The number of anilines is 1. The van der Waals surface area contributed by atoms with Crippen LogP contribution in [0.2, 0.25) is 0 Å². The van der Waals surface area contributed by atoms with Crippen LogP contribution in [0.25, 0.3) is 0 Å². The largest absolute Gasteiger partial charge is 0.455 e. The topological polar surface area (TPSA) is 93.9 Å². The van der Waals surface area contributed by atoms with Gasteiger partial charge in [0.05, 0.1) is 5.69 Å². The number of para-hydroxylation sites is 1. The van der Waals surface area contributed by atoms with Crippen LogP contribution in [0.5, 0.6) is 11.5 Å². The Morgan fingerprint density at radius 3 is 2.42 bits per heavy atom. The maximum absolute atomic E-state index is 12.1. The minimum Gasteiger partial charge on any atom is -0.455 e. The third-order valence-electron chi connectivity index (χ3n) is 3.85. The number of hydrogen-bond donors (Lipinski definition) is 2. The fourth-order valence-corrected chi connectivity index (χ4v) is 2.74. The molecule has 0 bridgehead atoms. The molecule has 1 aliphatic heterocycles. The summed E-state index contributed by atoms with van der Waals surface area (Å²) in [5, 5.41) is 0. The summed E-state index contributed by atoms with van der Waals surface area (Å²) >= 11 is 0. The number of hydrogen-bond acceptors (Lipinski definition) is 3. The molecule has 4 N–H and O–H groups in total. The van der Waals surface area contributed by atoms with Crippen LogP contribution < -0.4 is 21.1 Å². The number of ether oxygens (including phenoxy) is 1. The van der Waals surface area contributed by atoms with Crippen LogP contribution >= 0.6 is 0 Å². The average Bonchev–Trinajstić information content (AvgIpc) is 3.10. The highest BCUT2D eigenvalue weighted by atomic mass is 16.5. The number of guanidine groups is 1. The summed E-state index contributed by atoms with van der Waals surface area (Å²) in [7, 11) is 0. The van der Waals surface area contributed by atoms with Crippen molar-refractivity contribution in [2.75, 3.05) is 18.0 Å². The highest BCUT2D eigenvalue weighted by Crippen LogP contribution is 2.35. The molecule has 0 saturated carbocycles. The van der Waals surface area contributed by atoms with Gasteiger partial charge in [0.1, 0.15) is 5.75 Å². The van der Waals surface area contributed by atoms with E-state index in [0.29, 0.717) is 11.3 Å². The van der Waals surface area contributed by atoms with Gasteiger partial charge >= 0.3 is 0 Å². The van der Waals surface area contributed by atoms with Gasteiger partial charge in [0, 0.05) is 18.7 Å². The molecule has 2 aromatic carbocycles. The summed E-state index contributed by atoms with van der Waals surface area (Å²) in [5.74, 6) is 0.764. The molecule has 1 amide bonds. The molecule has 0 aliphatic carbocycles. The number of rotatable bonds is 4. The van der Waals surface area contributed by atoms with E-state index < -0.39 is 5.91 Å². The van der Waals surface area contributed by atoms with E-state index in [1.54, 1.807) is 18.2 Å². The Balaban J connectivity index is 1.95. The fourth-order valence-electron chi connectivity index (χ4n) is 2.74. The van der Waals surface area contributed by atoms with Crippen LogP contribution in [0, 0.1) is 0 Å². The zero-order valence-corrected chi connectivity index (χ0v) is 13.3. The van der Waals surface area contributed by atoms with Crippen molar-refractivity contribution < 1.29 is 9.53 Å². The van der Waals surface area contributed by atoms with Gasteiger partial charge in [-0.25, -0.2) is 0 Å². The molecule has 1 heterocycles. The molecular weight excluding hydrogens is 304 g/mol. The predicted molar refractivity (Wildman–Crippen MR) is 94.5 cm³/mol. The first-order chi connectivity index (χ1) is 11.6. The van der Waals surface area contributed by atoms with Gasteiger partial charge in [0.2, 0.25) is 0 Å². The minimum atomic E-state index is -0.457. The SMILES string of the molecule is NC(N)=NC(=O)c1ccc(Oc2ccccc2)c(N2CCCC2)c1. The lowest BCUT2D eigenvalue weighted by Crippen LogP contribution is -2.24. The summed E-state index contributed by atoms with van der Waals surface area (Å²) < 4.78 is 6.00. The van der Waals surface area contributed by atoms with E-state index in [1.807, 2.05) is 30.3 Å². The first kappa shape index (κ1) is 15.9. The molecule has 6 nitrogen and oxygen atoms in total. The van der Waals surface area contributed by atoms with Crippen molar-refractivity contribution in [2.24, 2.45) is 16.5 Å². The maximum atomic E-state index is 12.1. The van der Waals surface area contributed by atoms with Crippen molar-refractivity contribution in [1.29, 1.82) is 0 Å². The Hall–Kier alpha value is -3.02. The zero-order valence-electron chi connectivity index (χ0n) is 13.3. The number of nitrogens with zero attached hydrogens (tertiary/aromatic N) is 2. The third kappa shape index (κ3) is 3.65. The number of benzene rings is 2. The average molecular weight is 324 g/mol. The summed E-state index contributed by atoms with van der Waals surface area (Å²) in [6.07, 6.45) is 2.24. The van der Waals surface area contributed by atoms with Crippen molar-refractivity contribution in [1.82, 2.24) is 0 Å². The first-order valence-electron chi connectivity index (χ1n) is 7.89. The minimum absolute atomic E-state index is 0.243. The van der Waals surface area contributed by atoms with Gasteiger partial charge in [-0.2, -0.15) is 4.99 Å². The molecule has 2 aromatic rings. The monoisotopic (exact) mass is 324 g/mol. The van der Waals surface area contributed by atoms with Crippen LogP contribution in [0.15, 0.2) is 53.5 Å². The Morgan fingerprint density at radius 1 is 1.04 bits per heavy atom. The molecule has 0 radical (unpaired) electrons. The number of amides is 1. The van der Waals surface area contributed by atoms with Crippen molar-refractivity contribution in [2.45, 2.75) is 12.8 Å². The summed E-state index contributed by atoms with van der Waals surface area (Å²) in [6.45, 7) is 1.87. The van der Waals surface area contributed by atoms with E-state index in [-0.39, 0.29) is 5.96 Å². The highest BCUT2D eigenvalue weighted by molar-refractivity contribution is 6.02. The van der Waals surface area contributed by atoms with E-state index >= 15 is 0 Å². The molecule has 1 aliphatic rings. The van der Waals surface area contributed by atoms with E-state index in [1.165, 1.54) is 0 Å². The molecule has 124 valence electrons. The summed E-state index contributed by atoms with van der Waals surface area (Å²) in [4.78, 5) is 17.9. The second-order valence-electron chi connectivity index (χ2n) is 5.63. The van der Waals surface area contributed by atoms with Gasteiger partial charge in [-0.1, -0.05) is 18.2 Å². The number of carbonyl (C=O) groups excluding carboxylic acids is 1. The molecule has 0 unspecified atom stereocenters. The Kier molecular flexibility index (Phi) is 4.65. The molecule has 0 aromatic heterocycles. The van der Waals surface area contributed by atoms with Gasteiger partial charge < -0.3 is 21.1 Å². The van der Waals surface area contributed by atoms with Gasteiger partial charge in [0.25, 0.3) is 5.91 Å². The molecule has 0 spiro atoms. The first-order valence-corrected chi connectivity index (χ1v) is 7.89. The molecule has 3 rings (SSSR count). The quantitative estimate of drug-likeness (QED) is 0.665. The van der Waals surface area contributed by atoms with Gasteiger partial charge in [-0.15, -0.1) is 0 Å². The molecular formula is C18H20N4O2. The van der Waals surface area contributed by atoms with Crippen LogP contribution in [0.4, 0.5) is 5.69 Å². The maximum Gasteiger partial charge on any atom is 0.280 e. The van der Waals surface area contributed by atoms with Crippen LogP contribution in [-0.2, 0) is 0 Å². The van der Waals surface area contributed by atoms with Gasteiger partial charge in [-0.3, -0.25) is 4.79 Å². The zero-order chi connectivity index (χ0) is 16.9. The summed E-state index contributed by atoms with van der Waals surface area (Å²) in [6, 6.07) is 14.8. The molecule has 6 heteroatoms. The van der Waals surface area contributed by atoms with Crippen LogP contribution in [0.1, 0.15) is 23.2 Å². The van der Waals surface area contributed by atoms with E-state index in [0.717, 1.165) is 37.4 Å². The Bertz CT molecular complexity index is 749. The van der Waals surface area contributed by atoms with Crippen molar-refractivity contribution in [3.8, 4) is 11.5 Å². The lowest BCUT2D eigenvalue weighted by Gasteiger charge is -2.22.